The average molecular weight is 269 g/mol. The van der Waals surface area contributed by atoms with Crippen LogP contribution in [0.15, 0.2) is 24.3 Å². The molecule has 0 heterocycles. The molecule has 2 N–H and O–H groups in total. The smallest absolute Gasteiger partial charge is 0.247 e. The maximum atomic E-state index is 12.0. The van der Waals surface area contributed by atoms with E-state index in [1.54, 1.807) is 24.3 Å². The fraction of sp³-hybridized carbons (Fsp3) is 0.385. The lowest BCUT2D eigenvalue weighted by Crippen LogP contribution is -2.46. The minimum absolute atomic E-state index is 0.00749. The Labute approximate surface area is 112 Å². The highest BCUT2D eigenvalue weighted by atomic mass is 35.5. The van der Waals surface area contributed by atoms with Crippen LogP contribution >= 0.6 is 11.6 Å². The van der Waals surface area contributed by atoms with Gasteiger partial charge in [0.1, 0.15) is 6.04 Å². The van der Waals surface area contributed by atoms with Crippen molar-refractivity contribution in [2.24, 2.45) is 5.92 Å². The third-order valence-electron chi connectivity index (χ3n) is 2.40. The van der Waals surface area contributed by atoms with E-state index >= 15 is 0 Å². The number of anilines is 1. The van der Waals surface area contributed by atoms with Crippen molar-refractivity contribution in [3.63, 3.8) is 0 Å². The lowest BCUT2D eigenvalue weighted by molar-refractivity contribution is -0.126. The fourth-order valence-electron chi connectivity index (χ4n) is 1.54. The average Bonchev–Trinajstić information content (AvgIpc) is 2.25. The molecule has 5 heteroatoms. The first kappa shape index (κ1) is 14.5. The molecule has 2 amide bonds. The number of benzene rings is 1. The molecule has 0 unspecified atom stereocenters. The van der Waals surface area contributed by atoms with Gasteiger partial charge in [-0.1, -0.05) is 31.5 Å². The summed E-state index contributed by atoms with van der Waals surface area (Å²) in [5.41, 5.74) is 0.614. The Morgan fingerprint density at radius 3 is 2.44 bits per heavy atom. The number of rotatable bonds is 4. The summed E-state index contributed by atoms with van der Waals surface area (Å²) in [6, 6.07) is 6.33. The second-order valence-electron chi connectivity index (χ2n) is 4.42. The van der Waals surface area contributed by atoms with Crippen molar-refractivity contribution in [3.8, 4) is 0 Å². The minimum atomic E-state index is -0.554. The standard InChI is InChI=1S/C13H17ClN2O2/c1-8(2)12(15-9(3)17)13(18)16-11-6-4-5-10(14)7-11/h4-8,12H,1-3H3,(H,15,17)(H,16,18)/t12-/m1/s1. The van der Waals surface area contributed by atoms with Crippen molar-refractivity contribution in [1.29, 1.82) is 0 Å². The molecule has 4 nitrogen and oxygen atoms in total. The summed E-state index contributed by atoms with van der Waals surface area (Å²) in [7, 11) is 0. The molecule has 0 radical (unpaired) electrons. The Hall–Kier alpha value is -1.55. The number of hydrogen-bond acceptors (Lipinski definition) is 2. The third-order valence-corrected chi connectivity index (χ3v) is 2.64. The van der Waals surface area contributed by atoms with Crippen LogP contribution in [0.2, 0.25) is 5.02 Å². The zero-order valence-electron chi connectivity index (χ0n) is 10.7. The topological polar surface area (TPSA) is 58.2 Å². The Morgan fingerprint density at radius 2 is 1.94 bits per heavy atom. The van der Waals surface area contributed by atoms with Gasteiger partial charge in [-0.2, -0.15) is 0 Å². The number of hydrogen-bond donors (Lipinski definition) is 2. The zero-order valence-corrected chi connectivity index (χ0v) is 11.4. The van der Waals surface area contributed by atoms with Gasteiger partial charge in [-0.05, 0) is 24.1 Å². The van der Waals surface area contributed by atoms with Crippen molar-refractivity contribution >= 4 is 29.1 Å². The summed E-state index contributed by atoms with van der Waals surface area (Å²) in [5, 5.41) is 5.91. The first-order chi connectivity index (χ1) is 8.40. The van der Waals surface area contributed by atoms with E-state index in [1.165, 1.54) is 6.92 Å². The van der Waals surface area contributed by atoms with Crippen LogP contribution in [0.1, 0.15) is 20.8 Å². The van der Waals surface area contributed by atoms with E-state index in [9.17, 15) is 9.59 Å². The molecule has 1 rings (SSSR count). The van der Waals surface area contributed by atoms with Crippen molar-refractivity contribution < 1.29 is 9.59 Å². The summed E-state index contributed by atoms with van der Waals surface area (Å²) in [6.45, 7) is 5.14. The highest BCUT2D eigenvalue weighted by molar-refractivity contribution is 6.30. The Kier molecular flexibility index (Phi) is 5.16. The quantitative estimate of drug-likeness (QED) is 0.881. The first-order valence-electron chi connectivity index (χ1n) is 5.73. The van der Waals surface area contributed by atoms with Gasteiger partial charge >= 0.3 is 0 Å². The van der Waals surface area contributed by atoms with Gasteiger partial charge in [0.25, 0.3) is 0 Å². The molecule has 18 heavy (non-hydrogen) atoms. The lowest BCUT2D eigenvalue weighted by Gasteiger charge is -2.20. The van der Waals surface area contributed by atoms with Crippen LogP contribution in [0.4, 0.5) is 5.69 Å². The van der Waals surface area contributed by atoms with Crippen LogP contribution in [0, 0.1) is 5.92 Å². The fourth-order valence-corrected chi connectivity index (χ4v) is 1.73. The molecule has 0 saturated heterocycles. The van der Waals surface area contributed by atoms with Gasteiger partial charge in [-0.25, -0.2) is 0 Å². The molecule has 1 aromatic carbocycles. The highest BCUT2D eigenvalue weighted by Gasteiger charge is 2.22. The monoisotopic (exact) mass is 268 g/mol. The van der Waals surface area contributed by atoms with Gasteiger partial charge in [0.15, 0.2) is 0 Å². The van der Waals surface area contributed by atoms with Crippen LogP contribution in [0.3, 0.4) is 0 Å². The van der Waals surface area contributed by atoms with E-state index in [1.807, 2.05) is 13.8 Å². The normalized spacial score (nSPS) is 12.1. The van der Waals surface area contributed by atoms with Crippen LogP contribution in [-0.4, -0.2) is 17.9 Å². The van der Waals surface area contributed by atoms with Gasteiger partial charge < -0.3 is 10.6 Å². The minimum Gasteiger partial charge on any atom is -0.344 e. The van der Waals surface area contributed by atoms with E-state index in [-0.39, 0.29) is 17.7 Å². The first-order valence-corrected chi connectivity index (χ1v) is 6.11. The highest BCUT2D eigenvalue weighted by Crippen LogP contribution is 2.15. The molecule has 1 aromatic rings. The maximum absolute atomic E-state index is 12.0. The van der Waals surface area contributed by atoms with Crippen LogP contribution in [0.5, 0.6) is 0 Å². The van der Waals surface area contributed by atoms with Crippen molar-refractivity contribution in [2.45, 2.75) is 26.8 Å². The van der Waals surface area contributed by atoms with Crippen LogP contribution in [-0.2, 0) is 9.59 Å². The van der Waals surface area contributed by atoms with Gasteiger partial charge in [0.2, 0.25) is 11.8 Å². The Balaban J connectivity index is 2.75. The molecular formula is C13H17ClN2O2. The van der Waals surface area contributed by atoms with E-state index in [0.717, 1.165) is 0 Å². The molecule has 98 valence electrons. The third kappa shape index (κ3) is 4.37. The number of amides is 2. The molecule has 0 saturated carbocycles. The summed E-state index contributed by atoms with van der Waals surface area (Å²) >= 11 is 5.83. The molecule has 0 aromatic heterocycles. The van der Waals surface area contributed by atoms with Crippen LogP contribution < -0.4 is 10.6 Å². The van der Waals surface area contributed by atoms with Gasteiger partial charge in [-0.3, -0.25) is 9.59 Å². The van der Waals surface area contributed by atoms with Crippen molar-refractivity contribution in [1.82, 2.24) is 5.32 Å². The number of carbonyl (C=O) groups excluding carboxylic acids is 2. The van der Waals surface area contributed by atoms with E-state index in [0.29, 0.717) is 10.7 Å². The van der Waals surface area contributed by atoms with Gasteiger partial charge in [0.05, 0.1) is 0 Å². The second-order valence-corrected chi connectivity index (χ2v) is 4.86. The summed E-state index contributed by atoms with van der Waals surface area (Å²) in [5.74, 6) is -0.467. The molecule has 1 atom stereocenters. The van der Waals surface area contributed by atoms with Gasteiger partial charge in [0, 0.05) is 17.6 Å². The van der Waals surface area contributed by atoms with Crippen LogP contribution in [0.25, 0.3) is 0 Å². The van der Waals surface area contributed by atoms with E-state index < -0.39 is 6.04 Å². The lowest BCUT2D eigenvalue weighted by atomic mass is 10.0. The summed E-state index contributed by atoms with van der Waals surface area (Å²) in [4.78, 5) is 23.1. The molecule has 0 spiro atoms. The predicted octanol–water partition coefficient (Wildman–Crippen LogP) is 2.44. The molecule has 0 bridgehead atoms. The van der Waals surface area contributed by atoms with Crippen molar-refractivity contribution in [3.05, 3.63) is 29.3 Å². The van der Waals surface area contributed by atoms with Crippen molar-refractivity contribution in [2.75, 3.05) is 5.32 Å². The Morgan fingerprint density at radius 1 is 1.28 bits per heavy atom. The maximum Gasteiger partial charge on any atom is 0.247 e. The summed E-state index contributed by atoms with van der Waals surface area (Å²) in [6.07, 6.45) is 0. The summed E-state index contributed by atoms with van der Waals surface area (Å²) < 4.78 is 0. The molecule has 0 aliphatic carbocycles. The molecule has 0 aliphatic rings. The van der Waals surface area contributed by atoms with Gasteiger partial charge in [-0.15, -0.1) is 0 Å². The number of halogens is 1. The van der Waals surface area contributed by atoms with E-state index in [2.05, 4.69) is 10.6 Å². The predicted molar refractivity (Wildman–Crippen MR) is 72.5 cm³/mol. The number of carbonyl (C=O) groups is 2. The Bertz CT molecular complexity index is 446. The van der Waals surface area contributed by atoms with E-state index in [4.69, 9.17) is 11.6 Å². The zero-order chi connectivity index (χ0) is 13.7. The molecule has 0 fully saturated rings. The SMILES string of the molecule is CC(=O)N[C@@H](C(=O)Nc1cccc(Cl)c1)C(C)C. The molecular weight excluding hydrogens is 252 g/mol. The largest absolute Gasteiger partial charge is 0.344 e. The number of nitrogens with one attached hydrogen (secondary N) is 2. The molecule has 0 aliphatic heterocycles. The second kappa shape index (κ2) is 6.40.